The van der Waals surface area contributed by atoms with Crippen molar-refractivity contribution in [1.29, 1.82) is 0 Å². The van der Waals surface area contributed by atoms with E-state index in [-0.39, 0.29) is 11.7 Å². The molecular weight excluding hydrogens is 237 g/mol. The maximum Gasteiger partial charge on any atom is 0.126 e. The van der Waals surface area contributed by atoms with E-state index in [2.05, 4.69) is 36.5 Å². The highest BCUT2D eigenvalue weighted by Gasteiger charge is 2.15. The second-order valence-electron chi connectivity index (χ2n) is 4.97. The average Bonchev–Trinajstić information content (AvgIpc) is 2.39. The quantitative estimate of drug-likeness (QED) is 0.861. The number of hydrogen-bond acceptors (Lipinski definition) is 1. The van der Waals surface area contributed by atoms with E-state index in [9.17, 15) is 4.39 Å². The lowest BCUT2D eigenvalue weighted by molar-refractivity contribution is 0.556. The van der Waals surface area contributed by atoms with Gasteiger partial charge in [-0.15, -0.1) is 0 Å². The molecule has 2 rings (SSSR count). The van der Waals surface area contributed by atoms with Crippen molar-refractivity contribution in [2.45, 2.75) is 19.3 Å². The second-order valence-corrected chi connectivity index (χ2v) is 4.97. The molecule has 0 amide bonds. The zero-order valence-electron chi connectivity index (χ0n) is 11.5. The van der Waals surface area contributed by atoms with Gasteiger partial charge in [-0.05, 0) is 37.6 Å². The lowest BCUT2D eigenvalue weighted by Gasteiger charge is -2.18. The van der Waals surface area contributed by atoms with Crippen LogP contribution < -0.4 is 5.32 Å². The molecule has 0 spiro atoms. The number of nitrogens with one attached hydrogen (secondary N) is 1. The van der Waals surface area contributed by atoms with Crippen LogP contribution in [0, 0.1) is 12.7 Å². The van der Waals surface area contributed by atoms with Gasteiger partial charge >= 0.3 is 0 Å². The van der Waals surface area contributed by atoms with Crippen LogP contribution in [0.3, 0.4) is 0 Å². The molecule has 0 saturated heterocycles. The summed E-state index contributed by atoms with van der Waals surface area (Å²) in [6.07, 6.45) is 0.851. The Balaban J connectivity index is 2.24. The SMILES string of the molecule is CNCC(Cc1cccc(C)c1)c1ccccc1F. The highest BCUT2D eigenvalue weighted by atomic mass is 19.1. The Morgan fingerprint density at radius 2 is 1.89 bits per heavy atom. The number of halogens is 1. The number of likely N-dealkylation sites (N-methyl/N-ethyl adjacent to an activating group) is 1. The third-order valence-electron chi connectivity index (χ3n) is 3.36. The Kier molecular flexibility index (Phi) is 4.69. The molecule has 0 radical (unpaired) electrons. The maximum absolute atomic E-state index is 13.9. The van der Waals surface area contributed by atoms with E-state index in [4.69, 9.17) is 0 Å². The van der Waals surface area contributed by atoms with E-state index in [0.717, 1.165) is 18.5 Å². The van der Waals surface area contributed by atoms with Gasteiger partial charge in [-0.2, -0.15) is 0 Å². The summed E-state index contributed by atoms with van der Waals surface area (Å²) in [4.78, 5) is 0. The van der Waals surface area contributed by atoms with E-state index in [1.54, 1.807) is 6.07 Å². The van der Waals surface area contributed by atoms with E-state index in [1.165, 1.54) is 17.2 Å². The van der Waals surface area contributed by atoms with Crippen molar-refractivity contribution in [3.05, 3.63) is 71.0 Å². The average molecular weight is 257 g/mol. The van der Waals surface area contributed by atoms with Gasteiger partial charge in [-0.1, -0.05) is 48.0 Å². The Morgan fingerprint density at radius 3 is 2.58 bits per heavy atom. The van der Waals surface area contributed by atoms with Crippen molar-refractivity contribution >= 4 is 0 Å². The van der Waals surface area contributed by atoms with Crippen LogP contribution in [0.2, 0.25) is 0 Å². The first-order valence-corrected chi connectivity index (χ1v) is 6.65. The Hall–Kier alpha value is -1.67. The van der Waals surface area contributed by atoms with Gasteiger partial charge < -0.3 is 5.32 Å². The first-order chi connectivity index (χ1) is 9.20. The predicted molar refractivity (Wildman–Crippen MR) is 78.0 cm³/mol. The summed E-state index contributed by atoms with van der Waals surface area (Å²) in [5, 5.41) is 3.16. The van der Waals surface area contributed by atoms with Crippen molar-refractivity contribution in [1.82, 2.24) is 5.32 Å². The normalized spacial score (nSPS) is 12.4. The number of hydrogen-bond donors (Lipinski definition) is 1. The highest BCUT2D eigenvalue weighted by Crippen LogP contribution is 2.23. The van der Waals surface area contributed by atoms with E-state index >= 15 is 0 Å². The first-order valence-electron chi connectivity index (χ1n) is 6.65. The Bertz CT molecular complexity index is 536. The molecule has 1 nitrogen and oxygen atoms in total. The molecule has 0 aromatic heterocycles. The van der Waals surface area contributed by atoms with E-state index in [0.29, 0.717) is 0 Å². The number of benzene rings is 2. The minimum absolute atomic E-state index is 0.115. The van der Waals surface area contributed by atoms with Crippen LogP contribution in [0.4, 0.5) is 4.39 Å². The fraction of sp³-hybridized carbons (Fsp3) is 0.294. The van der Waals surface area contributed by atoms with Crippen LogP contribution in [0.1, 0.15) is 22.6 Å². The van der Waals surface area contributed by atoms with Crippen LogP contribution in [0.25, 0.3) is 0 Å². The van der Waals surface area contributed by atoms with Crippen LogP contribution in [0.5, 0.6) is 0 Å². The van der Waals surface area contributed by atoms with Gasteiger partial charge in [-0.25, -0.2) is 4.39 Å². The molecule has 0 aliphatic rings. The van der Waals surface area contributed by atoms with Gasteiger partial charge in [0.05, 0.1) is 0 Å². The minimum Gasteiger partial charge on any atom is -0.319 e. The fourth-order valence-electron chi connectivity index (χ4n) is 2.47. The van der Waals surface area contributed by atoms with Crippen LogP contribution in [0.15, 0.2) is 48.5 Å². The lowest BCUT2D eigenvalue weighted by atomic mass is 9.91. The maximum atomic E-state index is 13.9. The molecule has 100 valence electrons. The number of rotatable bonds is 5. The molecule has 0 heterocycles. The summed E-state index contributed by atoms with van der Waals surface area (Å²) < 4.78 is 13.9. The predicted octanol–water partition coefficient (Wildman–Crippen LogP) is 3.68. The molecule has 2 aromatic carbocycles. The standard InChI is InChI=1S/C17H20FN/c1-13-6-5-7-14(10-13)11-15(12-19-2)16-8-3-4-9-17(16)18/h3-10,15,19H,11-12H2,1-2H3. The zero-order valence-corrected chi connectivity index (χ0v) is 11.5. The summed E-state index contributed by atoms with van der Waals surface area (Å²) in [7, 11) is 1.91. The molecule has 1 N–H and O–H groups in total. The minimum atomic E-state index is -0.115. The molecule has 1 atom stereocenters. The van der Waals surface area contributed by atoms with Gasteiger partial charge in [0, 0.05) is 12.5 Å². The van der Waals surface area contributed by atoms with Crippen molar-refractivity contribution in [3.63, 3.8) is 0 Å². The van der Waals surface area contributed by atoms with Crippen LogP contribution >= 0.6 is 0 Å². The summed E-state index contributed by atoms with van der Waals surface area (Å²) in [5.41, 5.74) is 3.29. The molecule has 0 fully saturated rings. The highest BCUT2D eigenvalue weighted by molar-refractivity contribution is 5.28. The largest absolute Gasteiger partial charge is 0.319 e. The smallest absolute Gasteiger partial charge is 0.126 e. The van der Waals surface area contributed by atoms with Crippen LogP contribution in [-0.2, 0) is 6.42 Å². The molecule has 0 bridgehead atoms. The molecule has 0 aliphatic carbocycles. The van der Waals surface area contributed by atoms with Crippen molar-refractivity contribution in [3.8, 4) is 0 Å². The Labute approximate surface area is 114 Å². The summed E-state index contributed by atoms with van der Waals surface area (Å²) >= 11 is 0. The van der Waals surface area contributed by atoms with E-state index in [1.807, 2.05) is 19.2 Å². The van der Waals surface area contributed by atoms with Gasteiger partial charge in [0.25, 0.3) is 0 Å². The number of aryl methyl sites for hydroxylation is 1. The zero-order chi connectivity index (χ0) is 13.7. The Morgan fingerprint density at radius 1 is 1.11 bits per heavy atom. The van der Waals surface area contributed by atoms with Gasteiger partial charge in [0.15, 0.2) is 0 Å². The van der Waals surface area contributed by atoms with Crippen molar-refractivity contribution in [2.24, 2.45) is 0 Å². The molecule has 1 unspecified atom stereocenters. The molecule has 2 aromatic rings. The summed E-state index contributed by atoms with van der Waals surface area (Å²) in [6, 6.07) is 15.5. The van der Waals surface area contributed by atoms with Gasteiger partial charge in [-0.3, -0.25) is 0 Å². The molecule has 0 saturated carbocycles. The summed E-state index contributed by atoms with van der Waals surface area (Å²) in [5.74, 6) is 0.0448. The summed E-state index contributed by atoms with van der Waals surface area (Å²) in [6.45, 7) is 2.86. The third kappa shape index (κ3) is 3.65. The van der Waals surface area contributed by atoms with Gasteiger partial charge in [0.2, 0.25) is 0 Å². The lowest BCUT2D eigenvalue weighted by Crippen LogP contribution is -2.20. The molecule has 2 heteroatoms. The molecular formula is C17H20FN. The van der Waals surface area contributed by atoms with Crippen LogP contribution in [-0.4, -0.2) is 13.6 Å². The monoisotopic (exact) mass is 257 g/mol. The molecule has 0 aliphatic heterocycles. The topological polar surface area (TPSA) is 12.0 Å². The third-order valence-corrected chi connectivity index (χ3v) is 3.36. The second kappa shape index (κ2) is 6.48. The van der Waals surface area contributed by atoms with E-state index < -0.39 is 0 Å². The fourth-order valence-corrected chi connectivity index (χ4v) is 2.47. The van der Waals surface area contributed by atoms with Crippen molar-refractivity contribution < 1.29 is 4.39 Å². The van der Waals surface area contributed by atoms with Crippen molar-refractivity contribution in [2.75, 3.05) is 13.6 Å². The molecule has 19 heavy (non-hydrogen) atoms. The first kappa shape index (κ1) is 13.8. The van der Waals surface area contributed by atoms with Gasteiger partial charge in [0.1, 0.15) is 5.82 Å².